The molecule has 0 bridgehead atoms. The lowest BCUT2D eigenvalue weighted by atomic mass is 9.98. The molecule has 2 aromatic carbocycles. The quantitative estimate of drug-likeness (QED) is 0.844. The van der Waals surface area contributed by atoms with E-state index in [0.29, 0.717) is 11.1 Å². The fourth-order valence-corrected chi connectivity index (χ4v) is 2.70. The van der Waals surface area contributed by atoms with Gasteiger partial charge in [0.05, 0.1) is 5.56 Å². The van der Waals surface area contributed by atoms with E-state index in [1.807, 2.05) is 27.7 Å². The highest BCUT2D eigenvalue weighted by atomic mass is 19.1. The van der Waals surface area contributed by atoms with Crippen molar-refractivity contribution in [2.45, 2.75) is 46.2 Å². The van der Waals surface area contributed by atoms with Gasteiger partial charge < -0.3 is 15.1 Å². The molecule has 134 valence electrons. The zero-order valence-electron chi connectivity index (χ0n) is 15.0. The lowest BCUT2D eigenvalue weighted by molar-refractivity contribution is 0.0687. The molecule has 2 rings (SSSR count). The molecule has 0 aliphatic rings. The van der Waals surface area contributed by atoms with E-state index in [2.05, 4.69) is 0 Å². The number of carbonyl (C=O) groups is 1. The lowest BCUT2D eigenvalue weighted by Gasteiger charge is -2.28. The van der Waals surface area contributed by atoms with E-state index in [0.717, 1.165) is 0 Å². The minimum absolute atomic E-state index is 0.00266. The van der Waals surface area contributed by atoms with Gasteiger partial charge in [-0.15, -0.1) is 0 Å². The van der Waals surface area contributed by atoms with Gasteiger partial charge in [0.15, 0.2) is 0 Å². The Morgan fingerprint density at radius 2 is 1.76 bits per heavy atom. The number of phenolic OH excluding ortho intramolecular Hbond substituents is 2. The first-order chi connectivity index (χ1) is 11.7. The van der Waals surface area contributed by atoms with Gasteiger partial charge in [-0.05, 0) is 49.1 Å². The summed E-state index contributed by atoms with van der Waals surface area (Å²) < 4.78 is 13.4. The Kier molecular flexibility index (Phi) is 5.67. The molecular weight excluding hydrogens is 321 g/mol. The molecule has 0 unspecified atom stereocenters. The van der Waals surface area contributed by atoms with Crippen molar-refractivity contribution >= 4 is 5.91 Å². The molecule has 0 atom stereocenters. The summed E-state index contributed by atoms with van der Waals surface area (Å²) in [5, 5.41) is 20.1. The van der Waals surface area contributed by atoms with Crippen LogP contribution in [0.25, 0.3) is 0 Å². The molecule has 0 aliphatic carbocycles. The molecule has 1 amide bonds. The van der Waals surface area contributed by atoms with E-state index in [1.165, 1.54) is 24.3 Å². The number of rotatable bonds is 5. The Hall–Kier alpha value is -2.56. The summed E-state index contributed by atoms with van der Waals surface area (Å²) in [6.45, 7) is 7.74. The second kappa shape index (κ2) is 7.55. The van der Waals surface area contributed by atoms with Gasteiger partial charge in [0, 0.05) is 18.7 Å². The number of benzene rings is 2. The summed E-state index contributed by atoms with van der Waals surface area (Å²) in [5.74, 6) is -1.02. The minimum atomic E-state index is -0.362. The summed E-state index contributed by atoms with van der Waals surface area (Å²) in [7, 11) is 0. The molecule has 0 aliphatic heterocycles. The van der Waals surface area contributed by atoms with Crippen molar-refractivity contribution in [1.29, 1.82) is 0 Å². The van der Waals surface area contributed by atoms with Gasteiger partial charge >= 0.3 is 0 Å². The molecule has 0 saturated carbocycles. The highest BCUT2D eigenvalue weighted by Crippen LogP contribution is 2.33. The number of phenols is 2. The van der Waals surface area contributed by atoms with E-state index in [1.54, 1.807) is 17.0 Å². The number of carbonyl (C=O) groups excluding carboxylic acids is 1. The van der Waals surface area contributed by atoms with Gasteiger partial charge in [0.2, 0.25) is 0 Å². The third-order valence-corrected chi connectivity index (χ3v) is 4.12. The molecule has 0 spiro atoms. The average Bonchev–Trinajstić information content (AvgIpc) is 2.51. The summed E-state index contributed by atoms with van der Waals surface area (Å²) in [4.78, 5) is 14.5. The van der Waals surface area contributed by atoms with Crippen molar-refractivity contribution in [2.24, 2.45) is 0 Å². The van der Waals surface area contributed by atoms with Crippen molar-refractivity contribution in [2.75, 3.05) is 0 Å². The van der Waals surface area contributed by atoms with Crippen LogP contribution in [0.2, 0.25) is 0 Å². The van der Waals surface area contributed by atoms with Crippen LogP contribution in [0.3, 0.4) is 0 Å². The topological polar surface area (TPSA) is 60.8 Å². The van der Waals surface area contributed by atoms with Gasteiger partial charge in [-0.1, -0.05) is 26.0 Å². The van der Waals surface area contributed by atoms with E-state index < -0.39 is 0 Å². The fourth-order valence-electron chi connectivity index (χ4n) is 2.70. The molecule has 0 aromatic heterocycles. The maximum atomic E-state index is 13.4. The third-order valence-electron chi connectivity index (χ3n) is 4.12. The number of halogens is 1. The zero-order valence-corrected chi connectivity index (χ0v) is 15.0. The normalized spacial score (nSPS) is 11.2. The van der Waals surface area contributed by atoms with Gasteiger partial charge in [-0.25, -0.2) is 4.39 Å². The zero-order chi connectivity index (χ0) is 18.7. The number of hydrogen-bond donors (Lipinski definition) is 2. The van der Waals surface area contributed by atoms with Crippen LogP contribution in [0.15, 0.2) is 36.4 Å². The Morgan fingerprint density at radius 3 is 2.32 bits per heavy atom. The SMILES string of the molecule is CC(C)c1cc(C(=O)N(Cc2cccc(F)c2)C(C)C)c(O)cc1O. The molecule has 0 fully saturated rings. The van der Waals surface area contributed by atoms with E-state index in [-0.39, 0.29) is 47.3 Å². The maximum Gasteiger partial charge on any atom is 0.258 e. The van der Waals surface area contributed by atoms with Crippen LogP contribution in [0.5, 0.6) is 11.5 Å². The van der Waals surface area contributed by atoms with Crippen molar-refractivity contribution in [3.8, 4) is 11.5 Å². The van der Waals surface area contributed by atoms with Crippen LogP contribution in [0, 0.1) is 5.82 Å². The highest BCUT2D eigenvalue weighted by Gasteiger charge is 2.24. The maximum absolute atomic E-state index is 13.4. The molecule has 0 saturated heterocycles. The largest absolute Gasteiger partial charge is 0.508 e. The number of aromatic hydroxyl groups is 2. The van der Waals surface area contributed by atoms with E-state index >= 15 is 0 Å². The standard InChI is InChI=1S/C20H24FNO3/c1-12(2)16-9-17(19(24)10-18(16)23)20(25)22(13(3)4)11-14-6-5-7-15(21)8-14/h5-10,12-13,23-24H,11H2,1-4H3. The van der Waals surface area contributed by atoms with Crippen molar-refractivity contribution in [1.82, 2.24) is 4.90 Å². The molecule has 4 nitrogen and oxygen atoms in total. The molecular formula is C20H24FNO3. The van der Waals surface area contributed by atoms with Crippen molar-refractivity contribution in [3.05, 3.63) is 58.9 Å². The molecule has 2 N–H and O–H groups in total. The number of amides is 1. The predicted molar refractivity (Wildman–Crippen MR) is 95.3 cm³/mol. The Balaban J connectivity index is 2.39. The number of nitrogens with zero attached hydrogens (tertiary/aromatic N) is 1. The monoisotopic (exact) mass is 345 g/mol. The van der Waals surface area contributed by atoms with Crippen LogP contribution >= 0.6 is 0 Å². The van der Waals surface area contributed by atoms with Gasteiger partial charge in [0.1, 0.15) is 17.3 Å². The van der Waals surface area contributed by atoms with Gasteiger partial charge in [-0.2, -0.15) is 0 Å². The van der Waals surface area contributed by atoms with Crippen LogP contribution in [0.4, 0.5) is 4.39 Å². The smallest absolute Gasteiger partial charge is 0.258 e. The summed E-state index contributed by atoms with van der Waals surface area (Å²) in [6.07, 6.45) is 0. The predicted octanol–water partition coefficient (Wildman–Crippen LogP) is 4.41. The summed E-state index contributed by atoms with van der Waals surface area (Å²) in [6, 6.07) is 8.67. The second-order valence-corrected chi connectivity index (χ2v) is 6.74. The van der Waals surface area contributed by atoms with Crippen LogP contribution in [-0.2, 0) is 6.54 Å². The molecule has 2 aromatic rings. The number of hydrogen-bond acceptors (Lipinski definition) is 3. The molecule has 5 heteroatoms. The average molecular weight is 345 g/mol. The van der Waals surface area contributed by atoms with Crippen LogP contribution in [-0.4, -0.2) is 27.1 Å². The Labute approximate surface area is 147 Å². The molecule has 0 heterocycles. The van der Waals surface area contributed by atoms with Crippen molar-refractivity contribution in [3.63, 3.8) is 0 Å². The van der Waals surface area contributed by atoms with Crippen molar-refractivity contribution < 1.29 is 19.4 Å². The Morgan fingerprint density at radius 1 is 1.08 bits per heavy atom. The first-order valence-corrected chi connectivity index (χ1v) is 8.32. The summed E-state index contributed by atoms with van der Waals surface area (Å²) >= 11 is 0. The molecule has 0 radical (unpaired) electrons. The van der Waals surface area contributed by atoms with Gasteiger partial charge in [0.25, 0.3) is 5.91 Å². The Bertz CT molecular complexity index is 772. The highest BCUT2D eigenvalue weighted by molar-refractivity contribution is 5.97. The minimum Gasteiger partial charge on any atom is -0.508 e. The van der Waals surface area contributed by atoms with E-state index in [4.69, 9.17) is 0 Å². The first-order valence-electron chi connectivity index (χ1n) is 8.32. The van der Waals surface area contributed by atoms with Crippen LogP contribution in [0.1, 0.15) is 55.1 Å². The third kappa shape index (κ3) is 4.29. The van der Waals surface area contributed by atoms with Gasteiger partial charge in [-0.3, -0.25) is 4.79 Å². The second-order valence-electron chi connectivity index (χ2n) is 6.74. The summed E-state index contributed by atoms with van der Waals surface area (Å²) in [5.41, 5.74) is 1.40. The first kappa shape index (κ1) is 18.8. The fraction of sp³-hybridized carbons (Fsp3) is 0.350. The molecule has 25 heavy (non-hydrogen) atoms. The van der Waals surface area contributed by atoms with Crippen LogP contribution < -0.4 is 0 Å². The lowest BCUT2D eigenvalue weighted by Crippen LogP contribution is -2.36. The van der Waals surface area contributed by atoms with E-state index in [9.17, 15) is 19.4 Å².